The monoisotopic (exact) mass is 391 g/mol. The molecular weight excluding hydrogens is 378 g/mol. The number of thioether (sulfide) groups is 1. The van der Waals surface area contributed by atoms with Crippen LogP contribution in [-0.2, 0) is 4.79 Å². The lowest BCUT2D eigenvalue weighted by molar-refractivity contribution is -0.113. The predicted octanol–water partition coefficient (Wildman–Crippen LogP) is 4.60. The van der Waals surface area contributed by atoms with Gasteiger partial charge in [0.1, 0.15) is 5.75 Å². The zero-order chi connectivity index (χ0) is 17.6. The van der Waals surface area contributed by atoms with Gasteiger partial charge in [0.2, 0.25) is 5.91 Å². The zero-order valence-corrected chi connectivity index (χ0v) is 15.6. The van der Waals surface area contributed by atoms with Crippen molar-refractivity contribution in [2.75, 3.05) is 18.2 Å². The first-order valence-electron chi connectivity index (χ1n) is 7.31. The summed E-state index contributed by atoms with van der Waals surface area (Å²) in [4.78, 5) is 16.6. The molecule has 0 spiro atoms. The smallest absolute Gasteiger partial charge is 0.234 e. The summed E-state index contributed by atoms with van der Waals surface area (Å²) in [6, 6.07) is 14.8. The Morgan fingerprint density at radius 3 is 2.84 bits per heavy atom. The lowest BCUT2D eigenvalue weighted by atomic mass is 10.2. The van der Waals surface area contributed by atoms with Gasteiger partial charge in [-0.15, -0.1) is 0 Å². The fourth-order valence-corrected chi connectivity index (χ4v) is 3.65. The second-order valence-corrected chi connectivity index (χ2v) is 7.34. The van der Waals surface area contributed by atoms with E-state index in [2.05, 4.69) is 14.7 Å². The topological polar surface area (TPSA) is 64.1 Å². The van der Waals surface area contributed by atoms with Gasteiger partial charge in [-0.3, -0.25) is 4.79 Å². The lowest BCUT2D eigenvalue weighted by Gasteiger charge is -2.09. The number of aromatic nitrogens is 2. The molecule has 25 heavy (non-hydrogen) atoms. The van der Waals surface area contributed by atoms with Gasteiger partial charge in [-0.25, -0.2) is 4.98 Å². The Kier molecular flexibility index (Phi) is 5.91. The first-order chi connectivity index (χ1) is 12.2. The summed E-state index contributed by atoms with van der Waals surface area (Å²) in [5.41, 5.74) is 1.50. The number of benzene rings is 2. The minimum absolute atomic E-state index is 0.165. The number of nitrogens with one attached hydrogen (secondary N) is 1. The quantitative estimate of drug-likeness (QED) is 0.622. The van der Waals surface area contributed by atoms with E-state index in [1.165, 1.54) is 23.3 Å². The minimum Gasteiger partial charge on any atom is -0.495 e. The molecule has 1 heterocycles. The van der Waals surface area contributed by atoms with Crippen molar-refractivity contribution in [3.05, 3.63) is 53.6 Å². The van der Waals surface area contributed by atoms with E-state index in [1.807, 2.05) is 30.3 Å². The summed E-state index contributed by atoms with van der Waals surface area (Å²) in [6.45, 7) is 0. The first kappa shape index (κ1) is 17.7. The largest absolute Gasteiger partial charge is 0.495 e. The zero-order valence-electron chi connectivity index (χ0n) is 13.2. The molecule has 0 unspecified atom stereocenters. The van der Waals surface area contributed by atoms with Crippen molar-refractivity contribution < 1.29 is 9.53 Å². The highest BCUT2D eigenvalue weighted by molar-refractivity contribution is 8.01. The molecule has 0 saturated heterocycles. The van der Waals surface area contributed by atoms with Crippen LogP contribution in [0.1, 0.15) is 0 Å². The van der Waals surface area contributed by atoms with Gasteiger partial charge in [-0.05, 0) is 29.7 Å². The van der Waals surface area contributed by atoms with E-state index in [4.69, 9.17) is 16.3 Å². The maximum absolute atomic E-state index is 12.2. The van der Waals surface area contributed by atoms with Crippen molar-refractivity contribution in [1.82, 2.24) is 9.36 Å². The van der Waals surface area contributed by atoms with Crippen molar-refractivity contribution >= 4 is 46.5 Å². The van der Waals surface area contributed by atoms with E-state index in [-0.39, 0.29) is 11.7 Å². The van der Waals surface area contributed by atoms with Gasteiger partial charge in [0.25, 0.3) is 0 Å². The van der Waals surface area contributed by atoms with Gasteiger partial charge in [0.15, 0.2) is 10.2 Å². The van der Waals surface area contributed by atoms with Crippen LogP contribution in [0, 0.1) is 0 Å². The van der Waals surface area contributed by atoms with Crippen LogP contribution in [0.25, 0.3) is 11.4 Å². The summed E-state index contributed by atoms with van der Waals surface area (Å²) in [5.74, 6) is 1.29. The summed E-state index contributed by atoms with van der Waals surface area (Å²) >= 11 is 8.58. The summed E-state index contributed by atoms with van der Waals surface area (Å²) < 4.78 is 10.3. The van der Waals surface area contributed by atoms with E-state index in [0.29, 0.717) is 22.3 Å². The SMILES string of the molecule is COc1ccc(Cl)cc1NC(=O)CSc1nc(-c2ccccc2)ns1. The van der Waals surface area contributed by atoms with E-state index < -0.39 is 0 Å². The van der Waals surface area contributed by atoms with Crippen molar-refractivity contribution in [2.24, 2.45) is 0 Å². The molecule has 3 rings (SSSR count). The second kappa shape index (κ2) is 8.33. The normalized spacial score (nSPS) is 10.5. The third-order valence-corrected chi connectivity index (χ3v) is 5.27. The van der Waals surface area contributed by atoms with Crippen LogP contribution in [0.15, 0.2) is 52.9 Å². The molecule has 1 N–H and O–H groups in total. The Bertz CT molecular complexity index is 871. The molecule has 1 aromatic heterocycles. The van der Waals surface area contributed by atoms with Crippen LogP contribution in [0.5, 0.6) is 5.75 Å². The molecule has 0 bridgehead atoms. The fraction of sp³-hybridized carbons (Fsp3) is 0.118. The summed E-state index contributed by atoms with van der Waals surface area (Å²) in [6.07, 6.45) is 0. The molecule has 0 radical (unpaired) electrons. The molecule has 2 aromatic carbocycles. The lowest BCUT2D eigenvalue weighted by Crippen LogP contribution is -2.14. The van der Waals surface area contributed by atoms with Gasteiger partial charge >= 0.3 is 0 Å². The van der Waals surface area contributed by atoms with Gasteiger partial charge in [-0.2, -0.15) is 4.37 Å². The summed E-state index contributed by atoms with van der Waals surface area (Å²) in [7, 11) is 1.54. The van der Waals surface area contributed by atoms with Gasteiger partial charge in [-0.1, -0.05) is 53.7 Å². The molecule has 8 heteroatoms. The van der Waals surface area contributed by atoms with Crippen molar-refractivity contribution in [1.29, 1.82) is 0 Å². The molecule has 128 valence electrons. The number of methoxy groups -OCH3 is 1. The maximum atomic E-state index is 12.2. The fourth-order valence-electron chi connectivity index (χ4n) is 2.06. The Hall–Kier alpha value is -2.09. The average molecular weight is 392 g/mol. The number of halogens is 1. The number of hydrogen-bond donors (Lipinski definition) is 1. The number of rotatable bonds is 6. The number of nitrogens with zero attached hydrogens (tertiary/aromatic N) is 2. The van der Waals surface area contributed by atoms with E-state index >= 15 is 0 Å². The number of ether oxygens (including phenoxy) is 1. The third kappa shape index (κ3) is 4.72. The molecule has 0 aliphatic rings. The van der Waals surface area contributed by atoms with Crippen molar-refractivity contribution in [3.8, 4) is 17.1 Å². The number of carbonyl (C=O) groups excluding carboxylic acids is 1. The van der Waals surface area contributed by atoms with Gasteiger partial charge in [0, 0.05) is 10.6 Å². The standard InChI is InChI=1S/C17H14ClN3O2S2/c1-23-14-8-7-12(18)9-13(14)19-15(22)10-24-17-20-16(21-25-17)11-5-3-2-4-6-11/h2-9H,10H2,1H3,(H,19,22). The van der Waals surface area contributed by atoms with Gasteiger partial charge in [0.05, 0.1) is 18.6 Å². The van der Waals surface area contributed by atoms with Crippen LogP contribution in [0.3, 0.4) is 0 Å². The highest BCUT2D eigenvalue weighted by atomic mass is 35.5. The van der Waals surface area contributed by atoms with Crippen LogP contribution in [0.2, 0.25) is 5.02 Å². The molecule has 0 aliphatic carbocycles. The molecule has 0 saturated carbocycles. The molecule has 1 amide bonds. The highest BCUT2D eigenvalue weighted by Crippen LogP contribution is 2.29. The number of hydrogen-bond acceptors (Lipinski definition) is 6. The van der Waals surface area contributed by atoms with Crippen LogP contribution >= 0.6 is 34.9 Å². The number of carbonyl (C=O) groups is 1. The second-order valence-electron chi connectivity index (χ2n) is 4.93. The van der Waals surface area contributed by atoms with Gasteiger partial charge < -0.3 is 10.1 Å². The van der Waals surface area contributed by atoms with Crippen molar-refractivity contribution in [3.63, 3.8) is 0 Å². The van der Waals surface area contributed by atoms with E-state index in [9.17, 15) is 4.79 Å². The molecule has 0 aliphatic heterocycles. The van der Waals surface area contributed by atoms with Crippen molar-refractivity contribution in [2.45, 2.75) is 4.34 Å². The number of anilines is 1. The van der Waals surface area contributed by atoms with Crippen LogP contribution < -0.4 is 10.1 Å². The highest BCUT2D eigenvalue weighted by Gasteiger charge is 2.11. The first-order valence-corrected chi connectivity index (χ1v) is 9.45. The van der Waals surface area contributed by atoms with Crippen LogP contribution in [-0.4, -0.2) is 28.1 Å². The van der Waals surface area contributed by atoms with E-state index in [0.717, 1.165) is 9.90 Å². The average Bonchev–Trinajstić information content (AvgIpc) is 3.10. The van der Waals surface area contributed by atoms with E-state index in [1.54, 1.807) is 25.3 Å². The molecule has 0 fully saturated rings. The summed E-state index contributed by atoms with van der Waals surface area (Å²) in [5, 5.41) is 3.33. The predicted molar refractivity (Wildman–Crippen MR) is 103 cm³/mol. The Labute approximate surface area is 158 Å². The molecule has 3 aromatic rings. The molecule has 5 nitrogen and oxygen atoms in total. The van der Waals surface area contributed by atoms with Crippen LogP contribution in [0.4, 0.5) is 5.69 Å². The molecule has 0 atom stereocenters. The maximum Gasteiger partial charge on any atom is 0.234 e. The Morgan fingerprint density at radius 2 is 2.08 bits per heavy atom. The number of amides is 1. The third-order valence-electron chi connectivity index (χ3n) is 3.20. The Morgan fingerprint density at radius 1 is 1.28 bits per heavy atom. The minimum atomic E-state index is -0.165. The Balaban J connectivity index is 1.60. The molecular formula is C17H14ClN3O2S2.